The highest BCUT2D eigenvalue weighted by molar-refractivity contribution is 9.10. The Balaban J connectivity index is 1.91. The second-order valence-corrected chi connectivity index (χ2v) is 11.7. The van der Waals surface area contributed by atoms with Crippen LogP contribution in [0.1, 0.15) is 40.8 Å². The van der Waals surface area contributed by atoms with Crippen molar-refractivity contribution < 1.29 is 13.2 Å². The highest BCUT2D eigenvalue weighted by Crippen LogP contribution is 2.27. The maximum absolute atomic E-state index is 13.8. The Labute approximate surface area is 215 Å². The third-order valence-corrected chi connectivity index (χ3v) is 8.42. The van der Waals surface area contributed by atoms with Crippen molar-refractivity contribution in [2.24, 2.45) is 0 Å². The Morgan fingerprint density at radius 1 is 1.00 bits per heavy atom. The summed E-state index contributed by atoms with van der Waals surface area (Å²) in [6, 6.07) is 18.0. The molecule has 0 fully saturated rings. The van der Waals surface area contributed by atoms with Crippen LogP contribution in [-0.2, 0) is 21.4 Å². The van der Waals surface area contributed by atoms with E-state index in [9.17, 15) is 13.2 Å². The first-order valence-corrected chi connectivity index (χ1v) is 13.5. The van der Waals surface area contributed by atoms with E-state index in [2.05, 4.69) is 21.2 Å². The predicted octanol–water partition coefficient (Wildman–Crippen LogP) is 6.10. The van der Waals surface area contributed by atoms with Gasteiger partial charge in [-0.25, -0.2) is 8.42 Å². The first kappa shape index (κ1) is 26.4. The van der Waals surface area contributed by atoms with E-state index in [1.165, 1.54) is 4.31 Å². The van der Waals surface area contributed by atoms with Crippen LogP contribution in [-0.4, -0.2) is 25.2 Å². The minimum Gasteiger partial charge on any atom is -0.348 e. The van der Waals surface area contributed by atoms with Crippen LogP contribution in [0.3, 0.4) is 0 Å². The highest BCUT2D eigenvalue weighted by atomic mass is 79.9. The second kappa shape index (κ2) is 11.0. The van der Waals surface area contributed by atoms with E-state index in [0.29, 0.717) is 16.1 Å². The van der Waals surface area contributed by atoms with Crippen molar-refractivity contribution in [2.75, 3.05) is 6.54 Å². The fourth-order valence-electron chi connectivity index (χ4n) is 4.00. The SMILES string of the molecule is Cc1cc(C)c(S(=O)(=O)N(CC(=O)NC(C)c2ccc(Br)cc2)Cc2ccc(Cl)cc2)c(C)c1. The van der Waals surface area contributed by atoms with Gasteiger partial charge in [0, 0.05) is 16.0 Å². The molecule has 0 saturated carbocycles. The van der Waals surface area contributed by atoms with Crippen LogP contribution >= 0.6 is 27.5 Å². The molecular weight excluding hydrogens is 536 g/mol. The van der Waals surface area contributed by atoms with E-state index in [1.54, 1.807) is 38.1 Å². The summed E-state index contributed by atoms with van der Waals surface area (Å²) in [5, 5.41) is 3.48. The Bertz CT molecular complexity index is 1250. The summed E-state index contributed by atoms with van der Waals surface area (Å²) in [7, 11) is -3.96. The number of hydrogen-bond donors (Lipinski definition) is 1. The molecule has 0 saturated heterocycles. The van der Waals surface area contributed by atoms with E-state index >= 15 is 0 Å². The van der Waals surface area contributed by atoms with Gasteiger partial charge in [-0.3, -0.25) is 4.79 Å². The first-order valence-electron chi connectivity index (χ1n) is 10.8. The van der Waals surface area contributed by atoms with Gasteiger partial charge >= 0.3 is 0 Å². The van der Waals surface area contributed by atoms with E-state index in [1.807, 2.05) is 50.2 Å². The van der Waals surface area contributed by atoms with Crippen molar-refractivity contribution in [3.05, 3.63) is 98.0 Å². The second-order valence-electron chi connectivity index (χ2n) is 8.47. The van der Waals surface area contributed by atoms with Crippen molar-refractivity contribution >= 4 is 43.5 Å². The molecule has 3 rings (SSSR count). The molecule has 1 N–H and O–H groups in total. The Kier molecular flexibility index (Phi) is 8.57. The number of benzene rings is 3. The van der Waals surface area contributed by atoms with Gasteiger partial charge in [0.15, 0.2) is 0 Å². The smallest absolute Gasteiger partial charge is 0.244 e. The average molecular weight is 564 g/mol. The number of halogens is 2. The molecule has 1 amide bonds. The molecular formula is C26H28BrClN2O3S. The molecule has 5 nitrogen and oxygen atoms in total. The summed E-state index contributed by atoms with van der Waals surface area (Å²) >= 11 is 9.41. The number of amides is 1. The van der Waals surface area contributed by atoms with Gasteiger partial charge in [-0.1, -0.05) is 69.5 Å². The molecule has 0 aliphatic carbocycles. The van der Waals surface area contributed by atoms with Crippen molar-refractivity contribution in [3.8, 4) is 0 Å². The van der Waals surface area contributed by atoms with Crippen LogP contribution in [0, 0.1) is 20.8 Å². The van der Waals surface area contributed by atoms with E-state index in [0.717, 1.165) is 21.2 Å². The molecule has 3 aromatic carbocycles. The molecule has 34 heavy (non-hydrogen) atoms. The van der Waals surface area contributed by atoms with Crippen LogP contribution in [0.15, 0.2) is 70.0 Å². The van der Waals surface area contributed by atoms with Gasteiger partial charge in [-0.2, -0.15) is 4.31 Å². The zero-order valence-corrected chi connectivity index (χ0v) is 22.8. The number of sulfonamides is 1. The number of hydrogen-bond acceptors (Lipinski definition) is 3. The van der Waals surface area contributed by atoms with Crippen LogP contribution in [0.4, 0.5) is 0 Å². The minimum absolute atomic E-state index is 0.0480. The van der Waals surface area contributed by atoms with Gasteiger partial charge in [0.05, 0.1) is 17.5 Å². The summed E-state index contributed by atoms with van der Waals surface area (Å²) < 4.78 is 29.8. The standard InChI is InChI=1S/C26H28BrClN2O3S/c1-17-13-18(2)26(19(3)14-17)34(32,33)30(15-21-5-11-24(28)12-6-21)16-25(31)29-20(4)22-7-9-23(27)10-8-22/h5-14,20H,15-16H2,1-4H3,(H,29,31). The number of aryl methyl sites for hydroxylation is 3. The lowest BCUT2D eigenvalue weighted by atomic mass is 10.1. The van der Waals surface area contributed by atoms with E-state index < -0.39 is 10.0 Å². The maximum atomic E-state index is 13.8. The van der Waals surface area contributed by atoms with Gasteiger partial charge in [0.1, 0.15) is 0 Å². The van der Waals surface area contributed by atoms with Gasteiger partial charge < -0.3 is 5.32 Å². The molecule has 1 atom stereocenters. The molecule has 0 aromatic heterocycles. The number of nitrogens with zero attached hydrogens (tertiary/aromatic N) is 1. The van der Waals surface area contributed by atoms with E-state index in [-0.39, 0.29) is 29.9 Å². The highest BCUT2D eigenvalue weighted by Gasteiger charge is 2.30. The van der Waals surface area contributed by atoms with Gasteiger partial charge in [-0.05, 0) is 74.2 Å². The lowest BCUT2D eigenvalue weighted by molar-refractivity contribution is -0.122. The van der Waals surface area contributed by atoms with Crippen molar-refractivity contribution in [1.82, 2.24) is 9.62 Å². The number of carbonyl (C=O) groups excluding carboxylic acids is 1. The maximum Gasteiger partial charge on any atom is 0.244 e. The zero-order valence-electron chi connectivity index (χ0n) is 19.6. The van der Waals surface area contributed by atoms with Crippen molar-refractivity contribution in [3.63, 3.8) is 0 Å². The minimum atomic E-state index is -3.96. The third kappa shape index (κ3) is 6.48. The summed E-state index contributed by atoms with van der Waals surface area (Å²) in [5.41, 5.74) is 3.96. The number of nitrogens with one attached hydrogen (secondary N) is 1. The average Bonchev–Trinajstić information content (AvgIpc) is 2.74. The Hall–Kier alpha value is -2.19. The quantitative estimate of drug-likeness (QED) is 0.360. The normalized spacial score (nSPS) is 12.6. The summed E-state index contributed by atoms with van der Waals surface area (Å²) in [4.78, 5) is 13.2. The zero-order chi connectivity index (χ0) is 25.0. The summed E-state index contributed by atoms with van der Waals surface area (Å²) in [6.45, 7) is 7.10. The number of carbonyl (C=O) groups is 1. The van der Waals surface area contributed by atoms with E-state index in [4.69, 9.17) is 11.6 Å². The molecule has 0 radical (unpaired) electrons. The molecule has 0 aliphatic heterocycles. The molecule has 0 spiro atoms. The Morgan fingerprint density at radius 3 is 2.12 bits per heavy atom. The van der Waals surface area contributed by atoms with Crippen LogP contribution in [0.5, 0.6) is 0 Å². The van der Waals surface area contributed by atoms with Crippen LogP contribution in [0.2, 0.25) is 5.02 Å². The van der Waals surface area contributed by atoms with Gasteiger partial charge in [0.25, 0.3) is 0 Å². The fourth-order valence-corrected chi connectivity index (χ4v) is 6.19. The summed E-state index contributed by atoms with van der Waals surface area (Å²) in [6.07, 6.45) is 0. The van der Waals surface area contributed by atoms with Crippen molar-refractivity contribution in [2.45, 2.75) is 45.2 Å². The topological polar surface area (TPSA) is 66.5 Å². The third-order valence-electron chi connectivity index (χ3n) is 5.54. The largest absolute Gasteiger partial charge is 0.348 e. The van der Waals surface area contributed by atoms with Gasteiger partial charge in [0.2, 0.25) is 15.9 Å². The Morgan fingerprint density at radius 2 is 1.56 bits per heavy atom. The monoisotopic (exact) mass is 562 g/mol. The summed E-state index contributed by atoms with van der Waals surface area (Å²) in [5.74, 6) is -0.379. The molecule has 1 unspecified atom stereocenters. The van der Waals surface area contributed by atoms with Crippen LogP contribution in [0.25, 0.3) is 0 Å². The first-order chi connectivity index (χ1) is 16.0. The lowest BCUT2D eigenvalue weighted by Gasteiger charge is -2.25. The van der Waals surface area contributed by atoms with Gasteiger partial charge in [-0.15, -0.1) is 0 Å². The predicted molar refractivity (Wildman–Crippen MR) is 140 cm³/mol. The molecule has 0 aliphatic rings. The lowest BCUT2D eigenvalue weighted by Crippen LogP contribution is -2.41. The molecule has 0 heterocycles. The molecule has 0 bridgehead atoms. The molecule has 180 valence electrons. The molecule has 8 heteroatoms. The fraction of sp³-hybridized carbons (Fsp3) is 0.269. The van der Waals surface area contributed by atoms with Crippen molar-refractivity contribution in [1.29, 1.82) is 0 Å². The molecule has 3 aromatic rings. The van der Waals surface area contributed by atoms with Crippen LogP contribution < -0.4 is 5.32 Å². The number of rotatable bonds is 8.